The fourth-order valence-electron chi connectivity index (χ4n) is 1.69. The van der Waals surface area contributed by atoms with Crippen molar-refractivity contribution in [2.45, 2.75) is 31.5 Å². The van der Waals surface area contributed by atoms with E-state index in [0.29, 0.717) is 0 Å². The number of hydrogen-bond donors (Lipinski definition) is 1. The maximum absolute atomic E-state index is 14.0. The Morgan fingerprint density at radius 2 is 1.88 bits per heavy atom. The van der Waals surface area contributed by atoms with Crippen LogP contribution in [0.1, 0.15) is 19.4 Å². The maximum atomic E-state index is 14.0. The number of benzene rings is 1. The molecule has 0 aromatic heterocycles. The van der Waals surface area contributed by atoms with Crippen molar-refractivity contribution in [3.8, 4) is 0 Å². The first kappa shape index (κ1) is 13.8. The quantitative estimate of drug-likeness (QED) is 0.861. The Hall–Kier alpha value is -1.29. The lowest BCUT2D eigenvalue weighted by atomic mass is 9.77. The van der Waals surface area contributed by atoms with Gasteiger partial charge in [0.05, 0.1) is 0 Å². The number of rotatable bonds is 4. The molecule has 0 amide bonds. The van der Waals surface area contributed by atoms with Gasteiger partial charge in [0.25, 0.3) is 0 Å². The minimum atomic E-state index is -1.98. The van der Waals surface area contributed by atoms with Gasteiger partial charge in [0, 0.05) is 5.41 Å². The summed E-state index contributed by atoms with van der Waals surface area (Å²) >= 11 is 0. The van der Waals surface area contributed by atoms with Gasteiger partial charge in [0.15, 0.2) is 0 Å². The van der Waals surface area contributed by atoms with Crippen LogP contribution in [0.3, 0.4) is 0 Å². The van der Waals surface area contributed by atoms with Crippen molar-refractivity contribution in [3.05, 3.63) is 48.1 Å². The second kappa shape index (κ2) is 4.92. The third-order valence-corrected chi connectivity index (χ3v) is 2.86. The van der Waals surface area contributed by atoms with Crippen LogP contribution in [-0.4, -0.2) is 17.4 Å². The predicted octanol–water partition coefficient (Wildman–Crippen LogP) is 3.29. The molecule has 4 heteroatoms. The molecule has 0 fully saturated rings. The Kier molecular flexibility index (Phi) is 3.98. The normalized spacial score (nSPS) is 15.4. The van der Waals surface area contributed by atoms with Crippen molar-refractivity contribution in [3.63, 3.8) is 0 Å². The molecular formula is C13H15F3O. The lowest BCUT2D eigenvalue weighted by molar-refractivity contribution is 0.0459. The van der Waals surface area contributed by atoms with E-state index in [1.807, 2.05) is 0 Å². The molecule has 1 N–H and O–H groups in total. The molecule has 0 aliphatic heterocycles. The molecule has 0 aliphatic rings. The first-order chi connectivity index (χ1) is 7.78. The molecule has 1 rings (SSSR count). The topological polar surface area (TPSA) is 20.2 Å². The molecule has 1 aromatic carbocycles. The first-order valence-electron chi connectivity index (χ1n) is 5.20. The Morgan fingerprint density at radius 1 is 1.35 bits per heavy atom. The Bertz CT molecular complexity index is 415. The van der Waals surface area contributed by atoms with Gasteiger partial charge in [-0.25, -0.2) is 13.2 Å². The van der Waals surface area contributed by atoms with Crippen LogP contribution >= 0.6 is 0 Å². The molecule has 0 radical (unpaired) electrons. The minimum Gasteiger partial charge on any atom is -0.383 e. The van der Waals surface area contributed by atoms with Crippen LogP contribution in [0.2, 0.25) is 0 Å². The van der Waals surface area contributed by atoms with Crippen LogP contribution in [0.25, 0.3) is 0 Å². The molecule has 0 saturated carbocycles. The molecule has 0 aliphatic carbocycles. The van der Waals surface area contributed by atoms with E-state index in [-0.39, 0.29) is 5.56 Å². The molecule has 94 valence electrons. The highest BCUT2D eigenvalue weighted by molar-refractivity contribution is 5.28. The van der Waals surface area contributed by atoms with Crippen LogP contribution in [0.5, 0.6) is 0 Å². The third kappa shape index (κ3) is 2.69. The molecule has 0 saturated heterocycles. The van der Waals surface area contributed by atoms with Gasteiger partial charge >= 0.3 is 0 Å². The van der Waals surface area contributed by atoms with E-state index in [1.54, 1.807) is 6.07 Å². The van der Waals surface area contributed by atoms with Gasteiger partial charge in [0.1, 0.15) is 23.9 Å². The van der Waals surface area contributed by atoms with Gasteiger partial charge in [0.2, 0.25) is 0 Å². The summed E-state index contributed by atoms with van der Waals surface area (Å²) in [6.45, 7) is 5.67. The van der Waals surface area contributed by atoms with E-state index in [0.717, 1.165) is 0 Å². The van der Waals surface area contributed by atoms with E-state index in [4.69, 9.17) is 0 Å². The van der Waals surface area contributed by atoms with Crippen molar-refractivity contribution in [1.29, 1.82) is 0 Å². The summed E-state index contributed by atoms with van der Waals surface area (Å²) in [5.41, 5.74) is -1.26. The van der Waals surface area contributed by atoms with Gasteiger partial charge in [-0.15, -0.1) is 0 Å². The van der Waals surface area contributed by atoms with Crippen LogP contribution in [0, 0.1) is 5.82 Å². The number of aliphatic hydroxyl groups is 1. The molecule has 1 nitrogen and oxygen atoms in total. The summed E-state index contributed by atoms with van der Waals surface area (Å²) in [5, 5.41) is 9.31. The van der Waals surface area contributed by atoms with Crippen LogP contribution < -0.4 is 0 Å². The Labute approximate surface area is 98.6 Å². The van der Waals surface area contributed by atoms with Crippen LogP contribution in [0.4, 0.5) is 13.2 Å². The van der Waals surface area contributed by atoms with E-state index in [1.165, 1.54) is 32.0 Å². The smallest absolute Gasteiger partial charge is 0.141 e. The largest absolute Gasteiger partial charge is 0.383 e. The van der Waals surface area contributed by atoms with Crippen molar-refractivity contribution < 1.29 is 18.3 Å². The summed E-state index contributed by atoms with van der Waals surface area (Å²) in [6.07, 6.45) is -3.93. The summed E-state index contributed by atoms with van der Waals surface area (Å²) in [4.78, 5) is 0. The van der Waals surface area contributed by atoms with E-state index >= 15 is 0 Å². The molecule has 1 aromatic rings. The van der Waals surface area contributed by atoms with E-state index < -0.39 is 29.3 Å². The van der Waals surface area contributed by atoms with Gasteiger partial charge in [-0.05, 0) is 11.6 Å². The second-order valence-electron chi connectivity index (χ2n) is 4.49. The Balaban J connectivity index is 3.11. The average Bonchev–Trinajstić information content (AvgIpc) is 2.27. The molecular weight excluding hydrogens is 229 g/mol. The molecule has 0 unspecified atom stereocenters. The summed E-state index contributed by atoms with van der Waals surface area (Å²) in [5.74, 6) is -1.75. The highest BCUT2D eigenvalue weighted by Gasteiger charge is 2.39. The fourth-order valence-corrected chi connectivity index (χ4v) is 1.69. The third-order valence-electron chi connectivity index (χ3n) is 2.86. The standard InChI is InChI=1S/C13H15F3O/c1-8(14)11(17)12(16)13(2,3)9-6-4-5-7-10(9)15/h4-7,11-12,17H,1H2,2-3H3/t11-,12+/m1/s1. The Morgan fingerprint density at radius 3 is 2.35 bits per heavy atom. The number of alkyl halides is 1. The monoisotopic (exact) mass is 244 g/mol. The van der Waals surface area contributed by atoms with Crippen LogP contribution in [0.15, 0.2) is 36.7 Å². The lowest BCUT2D eigenvalue weighted by Crippen LogP contribution is -2.40. The average molecular weight is 244 g/mol. The van der Waals surface area contributed by atoms with Crippen molar-refractivity contribution >= 4 is 0 Å². The predicted molar refractivity (Wildman–Crippen MR) is 60.6 cm³/mol. The molecule has 0 bridgehead atoms. The summed E-state index contributed by atoms with van der Waals surface area (Å²) in [7, 11) is 0. The van der Waals surface area contributed by atoms with Gasteiger partial charge in [-0.2, -0.15) is 0 Å². The van der Waals surface area contributed by atoms with Crippen molar-refractivity contribution in [2.75, 3.05) is 0 Å². The lowest BCUT2D eigenvalue weighted by Gasteiger charge is -2.31. The first-order valence-corrected chi connectivity index (χ1v) is 5.20. The number of halogens is 3. The fraction of sp³-hybridized carbons (Fsp3) is 0.385. The molecule has 2 atom stereocenters. The SMILES string of the molecule is C=C(F)[C@@H](O)[C@H](F)C(C)(C)c1ccccc1F. The summed E-state index contributed by atoms with van der Waals surface area (Å²) < 4.78 is 40.2. The summed E-state index contributed by atoms with van der Waals surface area (Å²) in [6, 6.07) is 5.65. The number of hydrogen-bond acceptors (Lipinski definition) is 1. The highest BCUT2D eigenvalue weighted by atomic mass is 19.1. The van der Waals surface area contributed by atoms with Gasteiger partial charge < -0.3 is 5.11 Å². The molecule has 0 heterocycles. The highest BCUT2D eigenvalue weighted by Crippen LogP contribution is 2.34. The zero-order valence-electron chi connectivity index (χ0n) is 9.75. The molecule has 17 heavy (non-hydrogen) atoms. The minimum absolute atomic E-state index is 0.0906. The van der Waals surface area contributed by atoms with Gasteiger partial charge in [-0.3, -0.25) is 0 Å². The van der Waals surface area contributed by atoms with Gasteiger partial charge in [-0.1, -0.05) is 38.6 Å². The van der Waals surface area contributed by atoms with Crippen molar-refractivity contribution in [2.24, 2.45) is 0 Å². The van der Waals surface area contributed by atoms with E-state index in [2.05, 4.69) is 6.58 Å². The van der Waals surface area contributed by atoms with Crippen molar-refractivity contribution in [1.82, 2.24) is 0 Å². The second-order valence-corrected chi connectivity index (χ2v) is 4.49. The van der Waals surface area contributed by atoms with Crippen LogP contribution in [-0.2, 0) is 5.41 Å². The zero-order valence-corrected chi connectivity index (χ0v) is 9.75. The number of aliphatic hydroxyl groups excluding tert-OH is 1. The van der Waals surface area contributed by atoms with E-state index in [9.17, 15) is 18.3 Å². The maximum Gasteiger partial charge on any atom is 0.141 e. The zero-order chi connectivity index (χ0) is 13.2. The molecule has 0 spiro atoms.